The van der Waals surface area contributed by atoms with Gasteiger partial charge in [0, 0.05) is 24.2 Å². The van der Waals surface area contributed by atoms with Crippen molar-refractivity contribution in [2.45, 2.75) is 13.5 Å². The topological polar surface area (TPSA) is 92.9 Å². The minimum atomic E-state index is -0.420. The summed E-state index contributed by atoms with van der Waals surface area (Å²) in [4.78, 5) is 14.0. The van der Waals surface area contributed by atoms with Crippen molar-refractivity contribution < 1.29 is 9.53 Å². The Morgan fingerprint density at radius 1 is 1.80 bits per heavy atom. The first-order chi connectivity index (χ1) is 7.29. The summed E-state index contributed by atoms with van der Waals surface area (Å²) in [5, 5.41) is 7.28. The third kappa shape index (κ3) is 2.99. The van der Waals surface area contributed by atoms with Gasteiger partial charge in [-0.25, -0.2) is 4.79 Å². The minimum absolute atomic E-state index is 0.255. The van der Waals surface area contributed by atoms with Crippen LogP contribution in [0.5, 0.6) is 0 Å². The Kier molecular flexibility index (Phi) is 4.18. The fourth-order valence-corrected chi connectivity index (χ4v) is 1.07. The molecule has 0 atom stereocenters. The van der Waals surface area contributed by atoms with Gasteiger partial charge in [-0.05, 0) is 18.5 Å². The molecule has 0 unspecified atom stereocenters. The summed E-state index contributed by atoms with van der Waals surface area (Å²) < 4.78 is 6.28. The van der Waals surface area contributed by atoms with E-state index in [-0.39, 0.29) is 6.54 Å². The zero-order chi connectivity index (χ0) is 11.1. The third-order valence-electron chi connectivity index (χ3n) is 1.68. The van der Waals surface area contributed by atoms with Crippen molar-refractivity contribution in [2.75, 3.05) is 13.2 Å². The second-order valence-corrected chi connectivity index (χ2v) is 2.61. The fraction of sp³-hybridized carbons (Fsp3) is 0.500. The highest BCUT2D eigenvalue weighted by Gasteiger charge is 2.11. The zero-order valence-electron chi connectivity index (χ0n) is 8.33. The Bertz CT molecular complexity index is 380. The number of rotatable bonds is 5. The van der Waals surface area contributed by atoms with Gasteiger partial charge in [0.15, 0.2) is 0 Å². The number of azide groups is 1. The Labute approximate surface area is 86.3 Å². The molecule has 0 radical (unpaired) electrons. The molecule has 0 aliphatic carbocycles. The molecule has 7 nitrogen and oxygen atoms in total. The largest absolute Gasteiger partial charge is 0.461 e. The second-order valence-electron chi connectivity index (χ2n) is 2.61. The minimum Gasteiger partial charge on any atom is -0.461 e. The van der Waals surface area contributed by atoms with E-state index in [4.69, 9.17) is 10.3 Å². The normalized spacial score (nSPS) is 9.40. The number of carbonyl (C=O) groups is 1. The van der Waals surface area contributed by atoms with Crippen LogP contribution in [0, 0.1) is 0 Å². The molecule has 1 aromatic heterocycles. The molecule has 0 fully saturated rings. The highest BCUT2D eigenvalue weighted by Crippen LogP contribution is 2.01. The maximum absolute atomic E-state index is 11.4. The smallest absolute Gasteiger partial charge is 0.356 e. The average Bonchev–Trinajstić information content (AvgIpc) is 2.67. The van der Waals surface area contributed by atoms with Crippen molar-refractivity contribution in [3.8, 4) is 0 Å². The molecule has 1 heterocycles. The lowest BCUT2D eigenvalue weighted by atomic mass is 10.4. The van der Waals surface area contributed by atoms with E-state index in [0.717, 1.165) is 0 Å². The number of hydrogen-bond donors (Lipinski definition) is 0. The second kappa shape index (κ2) is 5.66. The van der Waals surface area contributed by atoms with Crippen LogP contribution in [-0.2, 0) is 11.3 Å². The monoisotopic (exact) mass is 209 g/mol. The summed E-state index contributed by atoms with van der Waals surface area (Å²) in [5.41, 5.74) is 8.46. The molecule has 0 saturated heterocycles. The van der Waals surface area contributed by atoms with Gasteiger partial charge in [-0.3, -0.25) is 4.68 Å². The first-order valence-electron chi connectivity index (χ1n) is 4.49. The van der Waals surface area contributed by atoms with Gasteiger partial charge in [0.25, 0.3) is 0 Å². The van der Waals surface area contributed by atoms with Crippen LogP contribution in [0.1, 0.15) is 17.4 Å². The predicted molar refractivity (Wildman–Crippen MR) is 52.2 cm³/mol. The van der Waals surface area contributed by atoms with Gasteiger partial charge in [-0.1, -0.05) is 5.11 Å². The summed E-state index contributed by atoms with van der Waals surface area (Å²) in [6, 6.07) is 1.56. The number of esters is 1. The van der Waals surface area contributed by atoms with Crippen molar-refractivity contribution in [1.29, 1.82) is 0 Å². The lowest BCUT2D eigenvalue weighted by Gasteiger charge is -2.04. The third-order valence-corrected chi connectivity index (χ3v) is 1.68. The van der Waals surface area contributed by atoms with Gasteiger partial charge in [0.1, 0.15) is 5.69 Å². The summed E-state index contributed by atoms with van der Waals surface area (Å²) in [7, 11) is 0. The molecule has 0 aromatic carbocycles. The van der Waals surface area contributed by atoms with Gasteiger partial charge in [-0.2, -0.15) is 5.10 Å². The van der Waals surface area contributed by atoms with Gasteiger partial charge in [-0.15, -0.1) is 0 Å². The van der Waals surface area contributed by atoms with E-state index >= 15 is 0 Å². The van der Waals surface area contributed by atoms with E-state index < -0.39 is 5.97 Å². The first-order valence-corrected chi connectivity index (χ1v) is 4.49. The molecule has 0 saturated carbocycles. The molecule has 0 N–H and O–H groups in total. The van der Waals surface area contributed by atoms with Crippen LogP contribution in [0.4, 0.5) is 0 Å². The summed E-state index contributed by atoms with van der Waals surface area (Å²) in [6.07, 6.45) is 1.50. The molecule has 0 aliphatic rings. The first kappa shape index (κ1) is 11.1. The number of aromatic nitrogens is 2. The van der Waals surface area contributed by atoms with Crippen molar-refractivity contribution in [3.63, 3.8) is 0 Å². The molecule has 15 heavy (non-hydrogen) atoms. The van der Waals surface area contributed by atoms with Crippen LogP contribution in [-0.4, -0.2) is 28.9 Å². The number of carbonyl (C=O) groups excluding carboxylic acids is 1. The lowest BCUT2D eigenvalue weighted by molar-refractivity contribution is 0.0512. The SMILES string of the molecule is CCOC(=O)c1ccnn1CCN=[N+]=[N-]. The van der Waals surface area contributed by atoms with Crippen LogP contribution in [0.15, 0.2) is 17.4 Å². The molecular formula is C8H11N5O2. The number of ether oxygens (including phenoxy) is 1. The fourth-order valence-electron chi connectivity index (χ4n) is 1.07. The number of nitrogens with zero attached hydrogens (tertiary/aromatic N) is 5. The Morgan fingerprint density at radius 2 is 2.60 bits per heavy atom. The highest BCUT2D eigenvalue weighted by atomic mass is 16.5. The van der Waals surface area contributed by atoms with Crippen LogP contribution < -0.4 is 0 Å². The van der Waals surface area contributed by atoms with Crippen LogP contribution in [0.2, 0.25) is 0 Å². The van der Waals surface area contributed by atoms with Crippen molar-refractivity contribution in [3.05, 3.63) is 28.4 Å². The van der Waals surface area contributed by atoms with Gasteiger partial charge >= 0.3 is 5.97 Å². The Hall–Kier alpha value is -2.01. The Balaban J connectivity index is 2.68. The molecule has 0 spiro atoms. The van der Waals surface area contributed by atoms with E-state index in [2.05, 4.69) is 15.1 Å². The summed E-state index contributed by atoms with van der Waals surface area (Å²) in [6.45, 7) is 2.68. The standard InChI is InChI=1S/C8H11N5O2/c1-2-15-8(14)7-3-4-11-13(7)6-5-10-12-9/h3-4H,2,5-6H2,1H3. The lowest BCUT2D eigenvalue weighted by Crippen LogP contribution is -2.14. The van der Waals surface area contributed by atoms with Gasteiger partial charge in [0.05, 0.1) is 6.61 Å². The molecular weight excluding hydrogens is 198 g/mol. The van der Waals surface area contributed by atoms with Crippen LogP contribution in [0.3, 0.4) is 0 Å². The molecule has 0 bridgehead atoms. The van der Waals surface area contributed by atoms with Crippen LogP contribution >= 0.6 is 0 Å². The van der Waals surface area contributed by atoms with Crippen molar-refractivity contribution >= 4 is 5.97 Å². The van der Waals surface area contributed by atoms with E-state index in [0.29, 0.717) is 18.8 Å². The van der Waals surface area contributed by atoms with Crippen molar-refractivity contribution in [1.82, 2.24) is 9.78 Å². The maximum atomic E-state index is 11.4. The van der Waals surface area contributed by atoms with E-state index in [9.17, 15) is 4.79 Å². The van der Waals surface area contributed by atoms with E-state index in [1.807, 2.05) is 0 Å². The Morgan fingerprint density at radius 3 is 3.27 bits per heavy atom. The quantitative estimate of drug-likeness (QED) is 0.317. The summed E-state index contributed by atoms with van der Waals surface area (Å²) in [5.74, 6) is -0.420. The predicted octanol–water partition coefficient (Wildman–Crippen LogP) is 1.37. The molecule has 1 rings (SSSR count). The summed E-state index contributed by atoms with van der Waals surface area (Å²) >= 11 is 0. The van der Waals surface area contributed by atoms with Gasteiger partial charge < -0.3 is 4.74 Å². The van der Waals surface area contributed by atoms with E-state index in [1.165, 1.54) is 10.9 Å². The van der Waals surface area contributed by atoms with Crippen LogP contribution in [0.25, 0.3) is 10.4 Å². The zero-order valence-corrected chi connectivity index (χ0v) is 8.33. The maximum Gasteiger partial charge on any atom is 0.356 e. The molecule has 7 heteroatoms. The van der Waals surface area contributed by atoms with Gasteiger partial charge in [0.2, 0.25) is 0 Å². The highest BCUT2D eigenvalue weighted by molar-refractivity contribution is 5.87. The number of hydrogen-bond acceptors (Lipinski definition) is 4. The molecule has 1 aromatic rings. The van der Waals surface area contributed by atoms with Crippen molar-refractivity contribution in [2.24, 2.45) is 5.11 Å². The molecule has 0 amide bonds. The molecule has 80 valence electrons. The molecule has 0 aliphatic heterocycles. The average molecular weight is 209 g/mol. The van der Waals surface area contributed by atoms with E-state index in [1.54, 1.807) is 13.0 Å².